The molecule has 0 aliphatic rings. The number of amides is 1. The number of rotatable bonds is 5. The molecule has 0 aliphatic heterocycles. The van der Waals surface area contributed by atoms with Crippen LogP contribution < -0.4 is 11.1 Å². The first kappa shape index (κ1) is 11.6. The molecule has 5 nitrogen and oxygen atoms in total. The van der Waals surface area contributed by atoms with Crippen LogP contribution >= 0.6 is 0 Å². The summed E-state index contributed by atoms with van der Waals surface area (Å²) in [5, 5.41) is 10.3. The van der Waals surface area contributed by atoms with E-state index in [1.54, 1.807) is 0 Å². The van der Waals surface area contributed by atoms with Crippen molar-refractivity contribution in [3.63, 3.8) is 0 Å². The lowest BCUT2D eigenvalue weighted by Crippen LogP contribution is -2.24. The van der Waals surface area contributed by atoms with Gasteiger partial charge in [0.25, 0.3) is 0 Å². The number of nitrogens with zero attached hydrogens (tertiary/aromatic N) is 1. The Labute approximate surface area is 89.4 Å². The van der Waals surface area contributed by atoms with E-state index >= 15 is 0 Å². The summed E-state index contributed by atoms with van der Waals surface area (Å²) in [7, 11) is 0. The zero-order valence-electron chi connectivity index (χ0n) is 9.42. The number of nitrogens with two attached hydrogens (primary N) is 1. The van der Waals surface area contributed by atoms with Crippen molar-refractivity contribution >= 4 is 11.7 Å². The summed E-state index contributed by atoms with van der Waals surface area (Å²) in [5.74, 6) is 0.500. The van der Waals surface area contributed by atoms with Gasteiger partial charge in [-0.05, 0) is 20.3 Å². The fourth-order valence-corrected chi connectivity index (χ4v) is 1.50. The average Bonchev–Trinajstić information content (AvgIpc) is 2.46. The second-order valence-corrected chi connectivity index (χ2v) is 3.75. The predicted octanol–water partition coefficient (Wildman–Crippen LogP) is 0.956. The molecule has 0 saturated carbocycles. The minimum atomic E-state index is -0.307. The van der Waals surface area contributed by atoms with E-state index in [9.17, 15) is 4.79 Å². The van der Waals surface area contributed by atoms with Crippen LogP contribution in [0.4, 0.5) is 5.82 Å². The zero-order chi connectivity index (χ0) is 11.4. The maximum absolute atomic E-state index is 10.7. The Morgan fingerprint density at radius 3 is 2.80 bits per heavy atom. The average molecular weight is 210 g/mol. The molecule has 1 atom stereocenters. The summed E-state index contributed by atoms with van der Waals surface area (Å²) < 4.78 is 0. The van der Waals surface area contributed by atoms with Crippen molar-refractivity contribution in [3.8, 4) is 0 Å². The summed E-state index contributed by atoms with van der Waals surface area (Å²) in [6.45, 7) is 5.98. The van der Waals surface area contributed by atoms with Crippen LogP contribution in [0.15, 0.2) is 0 Å². The first-order valence-corrected chi connectivity index (χ1v) is 5.13. The highest BCUT2D eigenvalue weighted by Gasteiger charge is 2.11. The van der Waals surface area contributed by atoms with Crippen molar-refractivity contribution in [3.05, 3.63) is 11.3 Å². The number of primary amides is 1. The van der Waals surface area contributed by atoms with Crippen molar-refractivity contribution < 1.29 is 4.79 Å². The molecule has 1 rings (SSSR count). The van der Waals surface area contributed by atoms with Crippen LogP contribution in [0.5, 0.6) is 0 Å². The van der Waals surface area contributed by atoms with Gasteiger partial charge in [-0.25, -0.2) is 0 Å². The minimum absolute atomic E-state index is 0.00852. The number of carbonyl (C=O) groups is 1. The fraction of sp³-hybridized carbons (Fsp3) is 0.600. The Kier molecular flexibility index (Phi) is 3.71. The number of aromatic amines is 1. The van der Waals surface area contributed by atoms with Crippen molar-refractivity contribution in [1.82, 2.24) is 10.2 Å². The quantitative estimate of drug-likeness (QED) is 0.676. The van der Waals surface area contributed by atoms with E-state index in [2.05, 4.69) is 22.4 Å². The summed E-state index contributed by atoms with van der Waals surface area (Å²) in [5.41, 5.74) is 7.33. The molecule has 1 unspecified atom stereocenters. The molecule has 1 aromatic rings. The van der Waals surface area contributed by atoms with E-state index in [0.717, 1.165) is 23.5 Å². The molecule has 1 amide bonds. The lowest BCUT2D eigenvalue weighted by atomic mass is 10.2. The van der Waals surface area contributed by atoms with Crippen molar-refractivity contribution in [2.45, 2.75) is 39.7 Å². The Hall–Kier alpha value is -1.52. The maximum atomic E-state index is 10.7. The Morgan fingerprint density at radius 1 is 1.67 bits per heavy atom. The van der Waals surface area contributed by atoms with Crippen LogP contribution in [0.3, 0.4) is 0 Å². The number of hydrogen-bond donors (Lipinski definition) is 3. The third-order valence-corrected chi connectivity index (χ3v) is 2.35. The Bertz CT molecular complexity index is 345. The highest BCUT2D eigenvalue weighted by atomic mass is 16.1. The normalized spacial score (nSPS) is 12.5. The number of anilines is 1. The highest BCUT2D eigenvalue weighted by molar-refractivity contribution is 5.74. The molecule has 0 saturated heterocycles. The van der Waals surface area contributed by atoms with Crippen molar-refractivity contribution in [2.24, 2.45) is 5.73 Å². The van der Waals surface area contributed by atoms with Gasteiger partial charge in [-0.15, -0.1) is 0 Å². The molecule has 0 fully saturated rings. The number of nitrogens with one attached hydrogen (secondary N) is 2. The number of carbonyl (C=O) groups excluding carboxylic acids is 1. The summed E-state index contributed by atoms with van der Waals surface area (Å²) in [6.07, 6.45) is 1.23. The first-order chi connectivity index (χ1) is 7.04. The number of H-pyrrole nitrogens is 1. The predicted molar refractivity (Wildman–Crippen MR) is 59.6 cm³/mol. The Morgan fingerprint density at radius 2 is 2.33 bits per heavy atom. The molecule has 0 bridgehead atoms. The Balaban J connectivity index is 2.64. The molecule has 5 heteroatoms. The summed E-state index contributed by atoms with van der Waals surface area (Å²) >= 11 is 0. The van der Waals surface area contributed by atoms with Gasteiger partial charge in [-0.3, -0.25) is 9.89 Å². The van der Waals surface area contributed by atoms with Gasteiger partial charge in [0.15, 0.2) is 5.82 Å². The van der Waals surface area contributed by atoms with E-state index < -0.39 is 0 Å². The topological polar surface area (TPSA) is 83.8 Å². The van der Waals surface area contributed by atoms with Crippen LogP contribution in [0.2, 0.25) is 0 Å². The van der Waals surface area contributed by atoms with Gasteiger partial charge in [-0.2, -0.15) is 5.10 Å². The second kappa shape index (κ2) is 4.82. The number of hydrogen-bond acceptors (Lipinski definition) is 3. The van der Waals surface area contributed by atoms with E-state index in [1.807, 2.05) is 13.8 Å². The second-order valence-electron chi connectivity index (χ2n) is 3.75. The van der Waals surface area contributed by atoms with Crippen LogP contribution in [0.25, 0.3) is 0 Å². The van der Waals surface area contributed by atoms with Crippen molar-refractivity contribution in [2.75, 3.05) is 5.32 Å². The van der Waals surface area contributed by atoms with Crippen LogP contribution in [-0.4, -0.2) is 22.1 Å². The number of aryl methyl sites for hydroxylation is 1. The van der Waals surface area contributed by atoms with Crippen LogP contribution in [0.1, 0.15) is 31.5 Å². The molecule has 0 radical (unpaired) electrons. The zero-order valence-corrected chi connectivity index (χ0v) is 9.42. The molecular formula is C10H18N4O. The van der Waals surface area contributed by atoms with E-state index in [1.165, 1.54) is 0 Å². The SMILES string of the molecule is CCc1[nH]nc(NC(C)CC(N)=O)c1C. The molecule has 1 heterocycles. The molecule has 0 aromatic carbocycles. The largest absolute Gasteiger partial charge is 0.370 e. The van der Waals surface area contributed by atoms with Gasteiger partial charge in [0.2, 0.25) is 5.91 Å². The smallest absolute Gasteiger partial charge is 0.219 e. The summed E-state index contributed by atoms with van der Waals surface area (Å²) in [6, 6.07) is 0.00852. The van der Waals surface area contributed by atoms with Crippen LogP contribution in [-0.2, 0) is 11.2 Å². The third kappa shape index (κ3) is 2.97. The monoisotopic (exact) mass is 210 g/mol. The van der Waals surface area contributed by atoms with E-state index in [-0.39, 0.29) is 11.9 Å². The molecule has 0 aliphatic carbocycles. The van der Waals surface area contributed by atoms with Gasteiger partial charge in [0.1, 0.15) is 0 Å². The van der Waals surface area contributed by atoms with E-state index in [4.69, 9.17) is 5.73 Å². The maximum Gasteiger partial charge on any atom is 0.219 e. The first-order valence-electron chi connectivity index (χ1n) is 5.13. The molecule has 0 spiro atoms. The van der Waals surface area contributed by atoms with Crippen LogP contribution in [0, 0.1) is 6.92 Å². The molecular weight excluding hydrogens is 192 g/mol. The molecule has 15 heavy (non-hydrogen) atoms. The standard InChI is InChI=1S/C10H18N4O/c1-4-8-7(3)10(14-13-8)12-6(2)5-9(11)15/h6H,4-5H2,1-3H3,(H2,11,15)(H2,12,13,14). The molecule has 1 aromatic heterocycles. The van der Waals surface area contributed by atoms with Gasteiger partial charge in [0, 0.05) is 23.7 Å². The van der Waals surface area contributed by atoms with Gasteiger partial charge in [-0.1, -0.05) is 6.92 Å². The molecule has 4 N–H and O–H groups in total. The number of aromatic nitrogens is 2. The van der Waals surface area contributed by atoms with Gasteiger partial charge < -0.3 is 11.1 Å². The lowest BCUT2D eigenvalue weighted by Gasteiger charge is -2.11. The summed E-state index contributed by atoms with van der Waals surface area (Å²) in [4.78, 5) is 10.7. The fourth-order valence-electron chi connectivity index (χ4n) is 1.50. The van der Waals surface area contributed by atoms with Gasteiger partial charge in [0.05, 0.1) is 0 Å². The lowest BCUT2D eigenvalue weighted by molar-refractivity contribution is -0.118. The molecule has 84 valence electrons. The van der Waals surface area contributed by atoms with E-state index in [0.29, 0.717) is 6.42 Å². The highest BCUT2D eigenvalue weighted by Crippen LogP contribution is 2.16. The van der Waals surface area contributed by atoms with Crippen molar-refractivity contribution in [1.29, 1.82) is 0 Å². The van der Waals surface area contributed by atoms with Gasteiger partial charge >= 0.3 is 0 Å². The minimum Gasteiger partial charge on any atom is -0.370 e. The third-order valence-electron chi connectivity index (χ3n) is 2.35.